The number of nitrogens with zero attached hydrogens (tertiary/aromatic N) is 1. The van der Waals surface area contributed by atoms with Gasteiger partial charge in [0.05, 0.1) is 39.9 Å². The van der Waals surface area contributed by atoms with Crippen LogP contribution in [-0.2, 0) is 18.4 Å². The Morgan fingerprint density at radius 3 is 1.74 bits per heavy atom. The Labute approximate surface area is 307 Å². The Bertz CT molecular complexity index is 1000. The van der Waals surface area contributed by atoms with Crippen molar-refractivity contribution in [1.82, 2.24) is 5.32 Å². The van der Waals surface area contributed by atoms with Crippen molar-refractivity contribution in [2.45, 2.75) is 154 Å². The lowest BCUT2D eigenvalue weighted by Crippen LogP contribution is -2.46. The molecule has 0 rings (SSSR count). The average molecular weight is 723 g/mol. The number of aliphatic hydroxyl groups excluding tert-OH is 1. The maximum atomic E-state index is 12.7. The van der Waals surface area contributed by atoms with Crippen molar-refractivity contribution in [2.24, 2.45) is 0 Å². The van der Waals surface area contributed by atoms with Crippen LogP contribution in [0, 0.1) is 0 Å². The zero-order valence-electron chi connectivity index (χ0n) is 32.6. The summed E-state index contributed by atoms with van der Waals surface area (Å²) in [6.45, 7) is 4.40. The number of phosphoric ester groups is 1. The van der Waals surface area contributed by atoms with Gasteiger partial charge >= 0.3 is 0 Å². The molecular weight excluding hydrogens is 647 g/mol. The maximum Gasteiger partial charge on any atom is 0.268 e. The quantitative estimate of drug-likeness (QED) is 0.0297. The van der Waals surface area contributed by atoms with E-state index in [9.17, 15) is 19.4 Å². The standard InChI is InChI=1S/C41H75N2O6P/c1-6-8-10-11-12-13-14-15-16-17-18-19-20-21-22-23-24-25-26-27-28-29-30-31-33-35-41(45)42-39(40(44)34-32-9-7-2)38-49-50(46,47)48-37-36-43(3,4)5/h8,10,12-13,15-16,18-19,21-22,39-40,44H,6-7,9,11,14,17,20,23-38H2,1-5H3,(H-,42,45,46,47)/b10-8-,13-12-,16-15-,19-18-,22-21-. The van der Waals surface area contributed by atoms with Gasteiger partial charge in [0.25, 0.3) is 7.82 Å². The number of allylic oxidation sites excluding steroid dienone is 10. The molecule has 3 unspecified atom stereocenters. The first-order valence-electron chi connectivity index (χ1n) is 19.6. The molecule has 0 aliphatic heterocycles. The van der Waals surface area contributed by atoms with Crippen LogP contribution >= 0.6 is 7.82 Å². The average Bonchev–Trinajstić information content (AvgIpc) is 3.06. The second-order valence-corrected chi connectivity index (χ2v) is 15.7. The fraction of sp³-hybridized carbons (Fsp3) is 0.732. The summed E-state index contributed by atoms with van der Waals surface area (Å²) in [7, 11) is 1.28. The molecule has 290 valence electrons. The molecule has 0 spiro atoms. The molecule has 1 amide bonds. The van der Waals surface area contributed by atoms with E-state index >= 15 is 0 Å². The van der Waals surface area contributed by atoms with E-state index in [1.54, 1.807) is 0 Å². The van der Waals surface area contributed by atoms with E-state index in [2.05, 4.69) is 79.9 Å². The Morgan fingerprint density at radius 2 is 1.22 bits per heavy atom. The third-order valence-electron chi connectivity index (χ3n) is 8.27. The summed E-state index contributed by atoms with van der Waals surface area (Å²) >= 11 is 0. The first kappa shape index (κ1) is 48.2. The van der Waals surface area contributed by atoms with Crippen LogP contribution in [0.5, 0.6) is 0 Å². The number of aliphatic hydroxyl groups is 1. The molecule has 0 aromatic rings. The van der Waals surface area contributed by atoms with Crippen molar-refractivity contribution >= 4 is 13.7 Å². The predicted molar refractivity (Wildman–Crippen MR) is 210 cm³/mol. The van der Waals surface area contributed by atoms with Crippen LogP contribution in [-0.4, -0.2) is 68.5 Å². The summed E-state index contributed by atoms with van der Waals surface area (Å²) in [5.41, 5.74) is 0. The van der Waals surface area contributed by atoms with Gasteiger partial charge < -0.3 is 28.8 Å². The molecule has 0 aliphatic rings. The van der Waals surface area contributed by atoms with E-state index in [1.165, 1.54) is 38.5 Å². The van der Waals surface area contributed by atoms with E-state index in [0.717, 1.165) is 77.0 Å². The molecule has 8 nitrogen and oxygen atoms in total. The van der Waals surface area contributed by atoms with E-state index in [0.29, 0.717) is 23.9 Å². The van der Waals surface area contributed by atoms with Crippen LogP contribution in [0.2, 0.25) is 0 Å². The van der Waals surface area contributed by atoms with Gasteiger partial charge in [-0.15, -0.1) is 0 Å². The van der Waals surface area contributed by atoms with Crippen molar-refractivity contribution < 1.29 is 32.9 Å². The molecule has 9 heteroatoms. The molecule has 0 aromatic heterocycles. The van der Waals surface area contributed by atoms with Gasteiger partial charge in [-0.1, -0.05) is 139 Å². The summed E-state index contributed by atoms with van der Waals surface area (Å²) in [4.78, 5) is 24.9. The van der Waals surface area contributed by atoms with Crippen molar-refractivity contribution in [3.8, 4) is 0 Å². The fourth-order valence-corrected chi connectivity index (χ4v) is 5.84. The molecule has 0 heterocycles. The molecule has 0 saturated heterocycles. The molecule has 0 fully saturated rings. The molecule has 0 radical (unpaired) electrons. The van der Waals surface area contributed by atoms with Crippen LogP contribution in [0.15, 0.2) is 60.8 Å². The molecule has 50 heavy (non-hydrogen) atoms. The van der Waals surface area contributed by atoms with Crippen molar-refractivity contribution in [1.29, 1.82) is 0 Å². The Hall–Kier alpha value is -1.80. The minimum absolute atomic E-state index is 0.00611. The van der Waals surface area contributed by atoms with E-state index in [-0.39, 0.29) is 19.1 Å². The topological polar surface area (TPSA) is 108 Å². The molecule has 0 saturated carbocycles. The molecule has 0 bridgehead atoms. The van der Waals surface area contributed by atoms with Gasteiger partial charge in [-0.3, -0.25) is 9.36 Å². The zero-order valence-corrected chi connectivity index (χ0v) is 33.5. The van der Waals surface area contributed by atoms with E-state index < -0.39 is 20.0 Å². The number of quaternary nitrogens is 1. The fourth-order valence-electron chi connectivity index (χ4n) is 5.12. The van der Waals surface area contributed by atoms with Gasteiger partial charge in [0.15, 0.2) is 0 Å². The number of carbonyl (C=O) groups is 1. The van der Waals surface area contributed by atoms with Crippen LogP contribution in [0.25, 0.3) is 0 Å². The number of likely N-dealkylation sites (N-methyl/N-ethyl adjacent to an activating group) is 1. The summed E-state index contributed by atoms with van der Waals surface area (Å²) in [5.74, 6) is -0.188. The zero-order chi connectivity index (χ0) is 37.2. The maximum absolute atomic E-state index is 12.7. The van der Waals surface area contributed by atoms with Gasteiger partial charge in [-0.25, -0.2) is 0 Å². The molecular formula is C41H75N2O6P. The summed E-state index contributed by atoms with van der Waals surface area (Å²) in [6.07, 6.45) is 41.7. The highest BCUT2D eigenvalue weighted by molar-refractivity contribution is 7.45. The third kappa shape index (κ3) is 34.6. The SMILES string of the molecule is CC/C=C\C/C=C\C/C=C\C/C=C\C/C=C\CCCCCCCCCCCC(=O)NC(COP(=O)([O-])OCC[N+](C)(C)C)C(O)CCCCC. The van der Waals surface area contributed by atoms with Crippen LogP contribution in [0.4, 0.5) is 0 Å². The Kier molecular flexibility index (Phi) is 31.9. The monoisotopic (exact) mass is 723 g/mol. The third-order valence-corrected chi connectivity index (χ3v) is 9.23. The minimum Gasteiger partial charge on any atom is -0.756 e. The lowest BCUT2D eigenvalue weighted by Gasteiger charge is -2.30. The number of amides is 1. The molecule has 3 atom stereocenters. The van der Waals surface area contributed by atoms with Crippen molar-refractivity contribution in [2.75, 3.05) is 40.9 Å². The molecule has 2 N–H and O–H groups in total. The summed E-state index contributed by atoms with van der Waals surface area (Å²) < 4.78 is 22.9. The number of phosphoric acid groups is 1. The van der Waals surface area contributed by atoms with Crippen LogP contribution < -0.4 is 10.2 Å². The molecule has 0 aliphatic carbocycles. The van der Waals surface area contributed by atoms with E-state index in [4.69, 9.17) is 9.05 Å². The number of rotatable bonds is 34. The van der Waals surface area contributed by atoms with Gasteiger partial charge in [-0.2, -0.15) is 0 Å². The van der Waals surface area contributed by atoms with Gasteiger partial charge in [0.1, 0.15) is 13.2 Å². The van der Waals surface area contributed by atoms with E-state index in [1.807, 2.05) is 21.1 Å². The Morgan fingerprint density at radius 1 is 0.720 bits per heavy atom. The normalized spacial score (nSPS) is 15.3. The number of carbonyl (C=O) groups excluding carboxylic acids is 1. The number of nitrogens with one attached hydrogen (secondary N) is 1. The molecule has 0 aromatic carbocycles. The number of hydrogen-bond donors (Lipinski definition) is 2. The highest BCUT2D eigenvalue weighted by atomic mass is 31.2. The van der Waals surface area contributed by atoms with Gasteiger partial charge in [-0.05, 0) is 57.8 Å². The highest BCUT2D eigenvalue weighted by Crippen LogP contribution is 2.38. The second kappa shape index (κ2) is 33.1. The van der Waals surface area contributed by atoms with Crippen molar-refractivity contribution in [3.63, 3.8) is 0 Å². The smallest absolute Gasteiger partial charge is 0.268 e. The second-order valence-electron chi connectivity index (χ2n) is 14.3. The largest absolute Gasteiger partial charge is 0.756 e. The van der Waals surface area contributed by atoms with Gasteiger partial charge in [0.2, 0.25) is 5.91 Å². The predicted octanol–water partition coefficient (Wildman–Crippen LogP) is 9.66. The highest BCUT2D eigenvalue weighted by Gasteiger charge is 2.24. The minimum atomic E-state index is -4.54. The lowest BCUT2D eigenvalue weighted by atomic mass is 10.0. The summed E-state index contributed by atoms with van der Waals surface area (Å²) in [6, 6.07) is -0.801. The van der Waals surface area contributed by atoms with Crippen LogP contribution in [0.3, 0.4) is 0 Å². The number of hydrogen-bond acceptors (Lipinski definition) is 6. The lowest BCUT2D eigenvalue weighted by molar-refractivity contribution is -0.870. The first-order valence-corrected chi connectivity index (χ1v) is 21.1. The summed E-state index contributed by atoms with van der Waals surface area (Å²) in [5, 5.41) is 13.5. The van der Waals surface area contributed by atoms with Crippen LogP contribution in [0.1, 0.15) is 142 Å². The first-order chi connectivity index (χ1) is 24.0. The van der Waals surface area contributed by atoms with Gasteiger partial charge in [0, 0.05) is 6.42 Å². The Balaban J connectivity index is 4.00. The van der Waals surface area contributed by atoms with Crippen molar-refractivity contribution in [3.05, 3.63) is 60.8 Å². The number of unbranched alkanes of at least 4 members (excludes halogenated alkanes) is 11.